The number of carbonyl (C=O) groups is 2. The van der Waals surface area contributed by atoms with Gasteiger partial charge < -0.3 is 10.6 Å². The summed E-state index contributed by atoms with van der Waals surface area (Å²) in [4.78, 5) is 26.5. The molecule has 0 radical (unpaired) electrons. The summed E-state index contributed by atoms with van der Waals surface area (Å²) in [6.45, 7) is 6.00. The van der Waals surface area contributed by atoms with Crippen LogP contribution in [0.4, 0.5) is 0 Å². The molecule has 1 aromatic heterocycles. The maximum absolute atomic E-state index is 13.0. The number of hydrogen-bond donors (Lipinski definition) is 2. The predicted molar refractivity (Wildman–Crippen MR) is 119 cm³/mol. The number of rotatable bonds is 6. The lowest BCUT2D eigenvalue weighted by molar-refractivity contribution is -0.118. The standard InChI is InChI=1S/C24H24N2O2S/c1-16-11-12-17(2)21(14-16)18(3)25-24(28)22(15-20-10-7-13-29-20)26-23(27)19-8-5-4-6-9-19/h4-15,18H,1-3H3,(H,25,28)(H,26,27)/b22-15-. The van der Waals surface area contributed by atoms with Crippen LogP contribution in [-0.4, -0.2) is 11.8 Å². The summed E-state index contributed by atoms with van der Waals surface area (Å²) >= 11 is 1.50. The van der Waals surface area contributed by atoms with Crippen molar-refractivity contribution < 1.29 is 9.59 Å². The highest BCUT2D eigenvalue weighted by Gasteiger charge is 2.18. The largest absolute Gasteiger partial charge is 0.344 e. The van der Waals surface area contributed by atoms with Crippen LogP contribution >= 0.6 is 11.3 Å². The summed E-state index contributed by atoms with van der Waals surface area (Å²) in [5.74, 6) is -0.640. The summed E-state index contributed by atoms with van der Waals surface area (Å²) in [7, 11) is 0. The Labute approximate surface area is 175 Å². The minimum Gasteiger partial charge on any atom is -0.344 e. The minimum atomic E-state index is -0.323. The third-order valence-corrected chi connectivity index (χ3v) is 5.43. The number of hydrogen-bond acceptors (Lipinski definition) is 3. The fraction of sp³-hybridized carbons (Fsp3) is 0.167. The highest BCUT2D eigenvalue weighted by Crippen LogP contribution is 2.20. The highest BCUT2D eigenvalue weighted by molar-refractivity contribution is 7.10. The van der Waals surface area contributed by atoms with Crippen molar-refractivity contribution in [3.8, 4) is 0 Å². The lowest BCUT2D eigenvalue weighted by atomic mass is 10.00. The minimum absolute atomic E-state index is 0.192. The lowest BCUT2D eigenvalue weighted by Crippen LogP contribution is -2.36. The number of aryl methyl sites for hydroxylation is 2. The predicted octanol–water partition coefficient (Wildman–Crippen LogP) is 5.01. The molecule has 2 amide bonds. The fourth-order valence-corrected chi connectivity index (χ4v) is 3.69. The zero-order valence-corrected chi connectivity index (χ0v) is 17.5. The molecule has 1 atom stereocenters. The van der Waals surface area contributed by atoms with E-state index in [0.29, 0.717) is 5.56 Å². The smallest absolute Gasteiger partial charge is 0.268 e. The first-order chi connectivity index (χ1) is 13.9. The van der Waals surface area contributed by atoms with Gasteiger partial charge in [-0.25, -0.2) is 0 Å². The Hall–Kier alpha value is -3.18. The van der Waals surface area contributed by atoms with Gasteiger partial charge in [-0.15, -0.1) is 11.3 Å². The SMILES string of the molecule is Cc1ccc(C)c(C(C)NC(=O)/C(=C/c2cccs2)NC(=O)c2ccccc2)c1. The van der Waals surface area contributed by atoms with Crippen LogP contribution in [0.1, 0.15) is 44.9 Å². The molecule has 3 rings (SSSR count). The van der Waals surface area contributed by atoms with Crippen LogP contribution in [0.25, 0.3) is 6.08 Å². The summed E-state index contributed by atoms with van der Waals surface area (Å²) in [6, 6.07) is 18.7. The topological polar surface area (TPSA) is 58.2 Å². The lowest BCUT2D eigenvalue weighted by Gasteiger charge is -2.19. The van der Waals surface area contributed by atoms with Crippen molar-refractivity contribution in [1.82, 2.24) is 10.6 Å². The van der Waals surface area contributed by atoms with Crippen molar-refractivity contribution in [2.24, 2.45) is 0 Å². The Morgan fingerprint density at radius 2 is 1.76 bits per heavy atom. The van der Waals surface area contributed by atoms with E-state index in [-0.39, 0.29) is 23.6 Å². The van der Waals surface area contributed by atoms with Gasteiger partial charge in [0.1, 0.15) is 5.70 Å². The molecule has 0 aliphatic rings. The monoisotopic (exact) mass is 404 g/mol. The maximum Gasteiger partial charge on any atom is 0.268 e. The van der Waals surface area contributed by atoms with Crippen LogP contribution in [0.2, 0.25) is 0 Å². The van der Waals surface area contributed by atoms with E-state index in [1.165, 1.54) is 11.3 Å². The van der Waals surface area contributed by atoms with E-state index in [9.17, 15) is 9.59 Å². The third kappa shape index (κ3) is 5.42. The van der Waals surface area contributed by atoms with Gasteiger partial charge in [-0.2, -0.15) is 0 Å². The van der Waals surface area contributed by atoms with Crippen LogP contribution in [0, 0.1) is 13.8 Å². The Balaban J connectivity index is 1.83. The zero-order valence-electron chi connectivity index (χ0n) is 16.7. The second kappa shape index (κ2) is 9.34. The van der Waals surface area contributed by atoms with Crippen molar-refractivity contribution in [2.75, 3.05) is 0 Å². The van der Waals surface area contributed by atoms with Crippen molar-refractivity contribution in [3.63, 3.8) is 0 Å². The van der Waals surface area contributed by atoms with E-state index >= 15 is 0 Å². The molecule has 0 aliphatic carbocycles. The van der Waals surface area contributed by atoms with E-state index in [0.717, 1.165) is 21.6 Å². The fourth-order valence-electron chi connectivity index (χ4n) is 3.04. The first-order valence-corrected chi connectivity index (χ1v) is 10.3. The van der Waals surface area contributed by atoms with Gasteiger partial charge in [0.15, 0.2) is 0 Å². The highest BCUT2D eigenvalue weighted by atomic mass is 32.1. The van der Waals surface area contributed by atoms with E-state index in [1.54, 1.807) is 30.3 Å². The first kappa shape index (κ1) is 20.6. The van der Waals surface area contributed by atoms with Crippen LogP contribution in [0.5, 0.6) is 0 Å². The molecule has 0 saturated heterocycles. The van der Waals surface area contributed by atoms with Crippen LogP contribution in [-0.2, 0) is 4.79 Å². The molecule has 1 unspecified atom stereocenters. The van der Waals surface area contributed by atoms with Crippen molar-refractivity contribution in [3.05, 3.63) is 98.9 Å². The van der Waals surface area contributed by atoms with Gasteiger partial charge in [0.05, 0.1) is 6.04 Å². The quantitative estimate of drug-likeness (QED) is 0.567. The molecule has 0 saturated carbocycles. The van der Waals surface area contributed by atoms with Crippen molar-refractivity contribution in [1.29, 1.82) is 0 Å². The van der Waals surface area contributed by atoms with E-state index in [4.69, 9.17) is 0 Å². The molecule has 0 bridgehead atoms. The maximum atomic E-state index is 13.0. The Morgan fingerprint density at radius 1 is 1.00 bits per heavy atom. The van der Waals surface area contributed by atoms with Gasteiger partial charge in [-0.3, -0.25) is 9.59 Å². The van der Waals surface area contributed by atoms with Gasteiger partial charge in [-0.1, -0.05) is 48.0 Å². The summed E-state index contributed by atoms with van der Waals surface area (Å²) in [6.07, 6.45) is 1.71. The van der Waals surface area contributed by atoms with Crippen molar-refractivity contribution >= 4 is 29.2 Å². The van der Waals surface area contributed by atoms with Gasteiger partial charge in [0.25, 0.3) is 11.8 Å². The molecule has 29 heavy (non-hydrogen) atoms. The average molecular weight is 405 g/mol. The zero-order chi connectivity index (χ0) is 20.8. The van der Waals surface area contributed by atoms with Gasteiger partial charge in [-0.05, 0) is 61.6 Å². The Morgan fingerprint density at radius 3 is 2.45 bits per heavy atom. The number of nitrogens with one attached hydrogen (secondary N) is 2. The third-order valence-electron chi connectivity index (χ3n) is 4.61. The second-order valence-electron chi connectivity index (χ2n) is 6.95. The summed E-state index contributed by atoms with van der Waals surface area (Å²) < 4.78 is 0. The molecule has 2 N–H and O–H groups in total. The molecule has 5 heteroatoms. The van der Waals surface area contributed by atoms with Crippen molar-refractivity contribution in [2.45, 2.75) is 26.8 Å². The second-order valence-corrected chi connectivity index (χ2v) is 7.93. The molecule has 1 heterocycles. The van der Waals surface area contributed by atoms with Gasteiger partial charge >= 0.3 is 0 Å². The van der Waals surface area contributed by atoms with Crippen LogP contribution < -0.4 is 10.6 Å². The number of carbonyl (C=O) groups excluding carboxylic acids is 2. The van der Waals surface area contributed by atoms with Crippen LogP contribution in [0.3, 0.4) is 0 Å². The summed E-state index contributed by atoms with van der Waals surface area (Å²) in [5.41, 5.74) is 4.03. The van der Waals surface area contributed by atoms with Crippen LogP contribution in [0.15, 0.2) is 71.7 Å². The number of amides is 2. The number of thiophene rings is 1. The molecular formula is C24H24N2O2S. The van der Waals surface area contributed by atoms with E-state index in [2.05, 4.69) is 22.8 Å². The molecule has 0 spiro atoms. The van der Waals surface area contributed by atoms with E-state index < -0.39 is 0 Å². The van der Waals surface area contributed by atoms with E-state index in [1.807, 2.05) is 50.4 Å². The summed E-state index contributed by atoms with van der Waals surface area (Å²) in [5, 5.41) is 7.72. The molecule has 0 aliphatic heterocycles. The molecule has 0 fully saturated rings. The van der Waals surface area contributed by atoms with Gasteiger partial charge in [0.2, 0.25) is 0 Å². The average Bonchev–Trinajstić information content (AvgIpc) is 3.23. The first-order valence-electron chi connectivity index (χ1n) is 9.43. The Kier molecular flexibility index (Phi) is 6.62. The molecule has 4 nitrogen and oxygen atoms in total. The normalized spacial score (nSPS) is 12.3. The molecule has 148 valence electrons. The molecule has 3 aromatic rings. The Bertz CT molecular complexity index is 1020. The van der Waals surface area contributed by atoms with Gasteiger partial charge in [0, 0.05) is 10.4 Å². The molecular weight excluding hydrogens is 380 g/mol. The number of benzene rings is 2. The molecule has 2 aromatic carbocycles.